The summed E-state index contributed by atoms with van der Waals surface area (Å²) < 4.78 is 8.06. The molecule has 4 heteroatoms. The number of benzene rings is 3. The van der Waals surface area contributed by atoms with Gasteiger partial charge in [-0.25, -0.2) is 0 Å². The highest BCUT2D eigenvalue weighted by Gasteiger charge is 2.16. The van der Waals surface area contributed by atoms with Gasteiger partial charge in [-0.05, 0) is 55.3 Å². The molecule has 0 aliphatic carbocycles. The van der Waals surface area contributed by atoms with E-state index in [2.05, 4.69) is 12.1 Å². The Morgan fingerprint density at radius 2 is 1.77 bits per heavy atom. The Bertz CT molecular complexity index is 1150. The van der Waals surface area contributed by atoms with Gasteiger partial charge >= 0.3 is 0 Å². The minimum atomic E-state index is 0.0659. The first-order valence-corrected chi connectivity index (χ1v) is 10.3. The van der Waals surface area contributed by atoms with Gasteiger partial charge in [0.15, 0.2) is 0 Å². The molecule has 30 heavy (non-hydrogen) atoms. The number of hydrogen-bond acceptors (Lipinski definition) is 2. The summed E-state index contributed by atoms with van der Waals surface area (Å²) in [7, 11) is 0. The third-order valence-corrected chi connectivity index (χ3v) is 5.25. The molecule has 4 nitrogen and oxygen atoms in total. The van der Waals surface area contributed by atoms with Gasteiger partial charge in [-0.1, -0.05) is 48.5 Å². The first-order chi connectivity index (χ1) is 14.7. The summed E-state index contributed by atoms with van der Waals surface area (Å²) >= 11 is 0. The number of fused-ring (bicyclic) bond motifs is 1. The zero-order chi connectivity index (χ0) is 20.9. The van der Waals surface area contributed by atoms with E-state index in [9.17, 15) is 4.79 Å². The van der Waals surface area contributed by atoms with Gasteiger partial charge in [0.25, 0.3) is 0 Å². The van der Waals surface area contributed by atoms with E-state index < -0.39 is 0 Å². The van der Waals surface area contributed by atoms with Crippen molar-refractivity contribution in [2.45, 2.75) is 27.0 Å². The molecule has 4 aromatic rings. The number of aryl methyl sites for hydroxylation is 1. The van der Waals surface area contributed by atoms with E-state index in [0.29, 0.717) is 13.2 Å². The number of rotatable bonds is 7. The fourth-order valence-electron chi connectivity index (χ4n) is 3.72. The molecule has 0 spiro atoms. The molecule has 1 heterocycles. The number of hydrogen-bond donors (Lipinski definition) is 0. The second-order valence-electron chi connectivity index (χ2n) is 7.38. The molecule has 3 aromatic carbocycles. The first-order valence-electron chi connectivity index (χ1n) is 10.3. The zero-order valence-corrected chi connectivity index (χ0v) is 17.4. The molecule has 1 aromatic heterocycles. The maximum absolute atomic E-state index is 13.1. The van der Waals surface area contributed by atoms with Gasteiger partial charge in [0.05, 0.1) is 5.52 Å². The van der Waals surface area contributed by atoms with Crippen molar-refractivity contribution in [1.29, 1.82) is 0 Å². The number of anilines is 1. The summed E-state index contributed by atoms with van der Waals surface area (Å²) in [6, 6.07) is 26.2. The minimum Gasteiger partial charge on any atom is -0.488 e. The lowest BCUT2D eigenvalue weighted by Crippen LogP contribution is -2.33. The highest BCUT2D eigenvalue weighted by Crippen LogP contribution is 2.28. The third-order valence-electron chi connectivity index (χ3n) is 5.25. The Hall–Kier alpha value is -3.53. The molecule has 1 amide bonds. The van der Waals surface area contributed by atoms with Crippen LogP contribution in [0.4, 0.5) is 5.69 Å². The van der Waals surface area contributed by atoms with Crippen molar-refractivity contribution in [3.8, 4) is 5.75 Å². The fraction of sp³-hybridized carbons (Fsp3) is 0.192. The van der Waals surface area contributed by atoms with E-state index in [1.807, 2.05) is 96.2 Å². The summed E-state index contributed by atoms with van der Waals surface area (Å²) in [6.07, 6.45) is 1.96. The Balaban J connectivity index is 1.54. The number of carbonyl (C=O) groups excluding carboxylic acids is 1. The van der Waals surface area contributed by atoms with Gasteiger partial charge in [0.1, 0.15) is 18.9 Å². The number of aromatic nitrogens is 1. The van der Waals surface area contributed by atoms with Crippen LogP contribution in [0.5, 0.6) is 5.75 Å². The number of carbonyl (C=O) groups is 1. The topological polar surface area (TPSA) is 34.5 Å². The van der Waals surface area contributed by atoms with Crippen molar-refractivity contribution in [3.05, 3.63) is 96.2 Å². The summed E-state index contributed by atoms with van der Waals surface area (Å²) in [5.74, 6) is 0.893. The quantitative estimate of drug-likeness (QED) is 0.407. The maximum atomic E-state index is 13.1. The SMILES string of the molecule is CCN(C(=O)Cn1ccc2c(OCc3ccccc3)cccc21)c1cccc(C)c1. The monoisotopic (exact) mass is 398 g/mol. The van der Waals surface area contributed by atoms with Crippen LogP contribution in [0, 0.1) is 6.92 Å². The summed E-state index contributed by atoms with van der Waals surface area (Å²) in [5.41, 5.74) is 4.20. The Labute approximate surface area is 177 Å². The van der Waals surface area contributed by atoms with Crippen molar-refractivity contribution in [3.63, 3.8) is 0 Å². The Kier molecular flexibility index (Phi) is 5.84. The van der Waals surface area contributed by atoms with Crippen LogP contribution in [0.3, 0.4) is 0 Å². The molecule has 0 aliphatic heterocycles. The average molecular weight is 399 g/mol. The molecule has 0 saturated carbocycles. The molecule has 0 saturated heterocycles. The van der Waals surface area contributed by atoms with Crippen LogP contribution in [-0.2, 0) is 17.9 Å². The number of likely N-dealkylation sites (N-methyl/N-ethyl adjacent to an activating group) is 1. The molecule has 0 atom stereocenters. The van der Waals surface area contributed by atoms with Crippen LogP contribution in [0.1, 0.15) is 18.1 Å². The van der Waals surface area contributed by atoms with Crippen LogP contribution in [0.2, 0.25) is 0 Å². The van der Waals surface area contributed by atoms with Crippen molar-refractivity contribution in [2.24, 2.45) is 0 Å². The first kappa shape index (κ1) is 19.8. The fourth-order valence-corrected chi connectivity index (χ4v) is 3.72. The molecule has 0 fully saturated rings. The predicted octanol–water partition coefficient (Wildman–Crippen LogP) is 5.58. The number of amides is 1. The van der Waals surface area contributed by atoms with Gasteiger partial charge < -0.3 is 14.2 Å². The van der Waals surface area contributed by atoms with E-state index in [0.717, 1.165) is 33.5 Å². The van der Waals surface area contributed by atoms with Crippen molar-refractivity contribution in [1.82, 2.24) is 4.57 Å². The van der Waals surface area contributed by atoms with Crippen molar-refractivity contribution in [2.75, 3.05) is 11.4 Å². The lowest BCUT2D eigenvalue weighted by atomic mass is 10.2. The Morgan fingerprint density at radius 1 is 0.967 bits per heavy atom. The molecule has 0 bridgehead atoms. The van der Waals surface area contributed by atoms with Crippen LogP contribution in [0.25, 0.3) is 10.9 Å². The molecular formula is C26H26N2O2. The van der Waals surface area contributed by atoms with E-state index in [1.54, 1.807) is 0 Å². The van der Waals surface area contributed by atoms with Gasteiger partial charge in [-0.15, -0.1) is 0 Å². The molecule has 0 unspecified atom stereocenters. The smallest absolute Gasteiger partial charge is 0.246 e. The van der Waals surface area contributed by atoms with Crippen molar-refractivity contribution < 1.29 is 9.53 Å². The highest BCUT2D eigenvalue weighted by molar-refractivity contribution is 5.95. The molecule has 0 N–H and O–H groups in total. The zero-order valence-electron chi connectivity index (χ0n) is 17.4. The van der Waals surface area contributed by atoms with Gasteiger partial charge in [-0.2, -0.15) is 0 Å². The number of ether oxygens (including phenoxy) is 1. The van der Waals surface area contributed by atoms with Crippen LogP contribution < -0.4 is 9.64 Å². The van der Waals surface area contributed by atoms with Gasteiger partial charge in [0.2, 0.25) is 5.91 Å². The Morgan fingerprint density at radius 3 is 2.53 bits per heavy atom. The van der Waals surface area contributed by atoms with Gasteiger partial charge in [-0.3, -0.25) is 4.79 Å². The summed E-state index contributed by atoms with van der Waals surface area (Å²) in [6.45, 7) is 5.48. The van der Waals surface area contributed by atoms with Crippen LogP contribution in [0.15, 0.2) is 85.1 Å². The summed E-state index contributed by atoms with van der Waals surface area (Å²) in [5, 5.41) is 1.01. The highest BCUT2D eigenvalue weighted by atomic mass is 16.5. The van der Waals surface area contributed by atoms with Crippen LogP contribution >= 0.6 is 0 Å². The second kappa shape index (κ2) is 8.87. The minimum absolute atomic E-state index is 0.0659. The third kappa shape index (κ3) is 4.23. The molecule has 0 aliphatic rings. The van der Waals surface area contributed by atoms with Crippen LogP contribution in [-0.4, -0.2) is 17.0 Å². The van der Waals surface area contributed by atoms with E-state index in [4.69, 9.17) is 4.74 Å². The van der Waals surface area contributed by atoms with E-state index in [1.165, 1.54) is 0 Å². The normalized spacial score (nSPS) is 10.9. The number of nitrogens with zero attached hydrogens (tertiary/aromatic N) is 2. The lowest BCUT2D eigenvalue weighted by molar-refractivity contribution is -0.119. The van der Waals surface area contributed by atoms with Crippen molar-refractivity contribution >= 4 is 22.5 Å². The largest absolute Gasteiger partial charge is 0.488 e. The lowest BCUT2D eigenvalue weighted by Gasteiger charge is -2.22. The second-order valence-corrected chi connectivity index (χ2v) is 7.38. The van der Waals surface area contributed by atoms with E-state index >= 15 is 0 Å². The molecule has 4 rings (SSSR count). The molecule has 152 valence electrons. The predicted molar refractivity (Wildman–Crippen MR) is 122 cm³/mol. The average Bonchev–Trinajstić information content (AvgIpc) is 3.17. The van der Waals surface area contributed by atoms with Gasteiger partial charge in [0, 0.05) is 23.8 Å². The standard InChI is InChI=1S/C26H26N2O2/c1-3-28(22-12-7-9-20(2)17-22)26(29)18-27-16-15-23-24(27)13-8-14-25(23)30-19-21-10-5-4-6-11-21/h4-17H,3,18-19H2,1-2H3. The summed E-state index contributed by atoms with van der Waals surface area (Å²) in [4.78, 5) is 14.9. The molecular weight excluding hydrogens is 372 g/mol. The molecule has 0 radical (unpaired) electrons. The maximum Gasteiger partial charge on any atom is 0.246 e. The van der Waals surface area contributed by atoms with E-state index in [-0.39, 0.29) is 12.5 Å².